The quantitative estimate of drug-likeness (QED) is 0.427. The zero-order valence-electron chi connectivity index (χ0n) is 18.4. The van der Waals surface area contributed by atoms with E-state index in [0.29, 0.717) is 22.8 Å². The topological polar surface area (TPSA) is 94.5 Å². The van der Waals surface area contributed by atoms with Crippen LogP contribution in [0.15, 0.2) is 79.0 Å². The zero-order valence-corrected chi connectivity index (χ0v) is 18.4. The number of rotatable bonds is 6. The molecule has 34 heavy (non-hydrogen) atoms. The predicted octanol–water partition coefficient (Wildman–Crippen LogP) is 3.77. The number of amides is 2. The number of benzene rings is 3. The number of aromatic nitrogens is 2. The summed E-state index contributed by atoms with van der Waals surface area (Å²) in [5.74, 6) is -0.621. The van der Waals surface area contributed by atoms with Crippen molar-refractivity contribution in [3.63, 3.8) is 0 Å². The number of hydrogen-bond acceptors (Lipinski definition) is 5. The molecule has 0 radical (unpaired) electrons. The standard InChI is InChI=1S/C25H21FN4O4/c1-33-21-13-10-17(14-22(21)34-2)23-20(15-30(29-23)19-6-4-3-5-7-19)25(32)28-27-24(31)16-8-11-18(26)12-9-16/h3-15H,1-2H3,(H,27,31)(H,28,32). The monoisotopic (exact) mass is 460 g/mol. The van der Waals surface area contributed by atoms with Crippen LogP contribution >= 0.6 is 0 Å². The lowest BCUT2D eigenvalue weighted by Gasteiger charge is -2.10. The van der Waals surface area contributed by atoms with Gasteiger partial charge >= 0.3 is 0 Å². The molecule has 0 spiro atoms. The second kappa shape index (κ2) is 9.86. The van der Waals surface area contributed by atoms with Gasteiger partial charge in [-0.3, -0.25) is 20.4 Å². The average molecular weight is 460 g/mol. The Morgan fingerprint density at radius 3 is 2.21 bits per heavy atom. The van der Waals surface area contributed by atoms with Crippen LogP contribution in [0.2, 0.25) is 0 Å². The van der Waals surface area contributed by atoms with E-state index in [1.807, 2.05) is 30.3 Å². The number of halogens is 1. The second-order valence-electron chi connectivity index (χ2n) is 7.16. The minimum Gasteiger partial charge on any atom is -0.493 e. The van der Waals surface area contributed by atoms with Crippen molar-refractivity contribution in [1.82, 2.24) is 20.6 Å². The Bertz CT molecular complexity index is 1320. The lowest BCUT2D eigenvalue weighted by Crippen LogP contribution is -2.41. The lowest BCUT2D eigenvalue weighted by atomic mass is 10.1. The maximum Gasteiger partial charge on any atom is 0.273 e. The smallest absolute Gasteiger partial charge is 0.273 e. The molecule has 0 aliphatic rings. The van der Waals surface area contributed by atoms with Crippen LogP contribution in [-0.4, -0.2) is 35.8 Å². The molecule has 3 aromatic carbocycles. The molecule has 172 valence electrons. The van der Waals surface area contributed by atoms with Crippen molar-refractivity contribution in [2.45, 2.75) is 0 Å². The number of nitrogens with zero attached hydrogens (tertiary/aromatic N) is 2. The van der Waals surface area contributed by atoms with Gasteiger partial charge in [0.15, 0.2) is 11.5 Å². The van der Waals surface area contributed by atoms with Crippen molar-refractivity contribution < 1.29 is 23.5 Å². The van der Waals surface area contributed by atoms with Crippen LogP contribution in [-0.2, 0) is 0 Å². The molecular weight excluding hydrogens is 439 g/mol. The Labute approximate surface area is 194 Å². The normalized spacial score (nSPS) is 10.4. The van der Waals surface area contributed by atoms with Crippen LogP contribution < -0.4 is 20.3 Å². The number of ether oxygens (including phenoxy) is 2. The van der Waals surface area contributed by atoms with Gasteiger partial charge < -0.3 is 9.47 Å². The number of hydrogen-bond donors (Lipinski definition) is 2. The molecule has 0 fully saturated rings. The molecule has 8 nitrogen and oxygen atoms in total. The molecule has 0 unspecified atom stereocenters. The van der Waals surface area contributed by atoms with Crippen LogP contribution in [0.5, 0.6) is 11.5 Å². The van der Waals surface area contributed by atoms with Gasteiger partial charge in [0.1, 0.15) is 11.5 Å². The van der Waals surface area contributed by atoms with Gasteiger partial charge in [-0.1, -0.05) is 18.2 Å². The molecule has 0 aliphatic carbocycles. The van der Waals surface area contributed by atoms with Crippen LogP contribution in [0.3, 0.4) is 0 Å². The Hall–Kier alpha value is -4.66. The molecule has 1 heterocycles. The first kappa shape index (κ1) is 22.5. The van der Waals surface area contributed by atoms with Crippen molar-refractivity contribution in [3.8, 4) is 28.4 Å². The summed E-state index contributed by atoms with van der Waals surface area (Å²) in [4.78, 5) is 25.4. The number of carbonyl (C=O) groups is 2. The predicted molar refractivity (Wildman–Crippen MR) is 123 cm³/mol. The maximum absolute atomic E-state index is 13.1. The third-order valence-corrected chi connectivity index (χ3v) is 5.03. The Balaban J connectivity index is 1.66. The minimum absolute atomic E-state index is 0.196. The van der Waals surface area contributed by atoms with Crippen molar-refractivity contribution in [1.29, 1.82) is 0 Å². The van der Waals surface area contributed by atoms with E-state index < -0.39 is 17.6 Å². The fraction of sp³-hybridized carbons (Fsp3) is 0.0800. The first-order chi connectivity index (χ1) is 16.5. The fourth-order valence-corrected chi connectivity index (χ4v) is 3.30. The molecule has 9 heteroatoms. The number of methoxy groups -OCH3 is 2. The summed E-state index contributed by atoms with van der Waals surface area (Å²) in [5, 5.41) is 4.60. The molecule has 0 saturated heterocycles. The summed E-state index contributed by atoms with van der Waals surface area (Å²) < 4.78 is 25.4. The highest BCUT2D eigenvalue weighted by molar-refractivity contribution is 6.02. The van der Waals surface area contributed by atoms with Crippen LogP contribution in [0.4, 0.5) is 4.39 Å². The largest absolute Gasteiger partial charge is 0.493 e. The third-order valence-electron chi connectivity index (χ3n) is 5.03. The van der Waals surface area contributed by atoms with Crippen molar-refractivity contribution >= 4 is 11.8 Å². The molecule has 0 aliphatic heterocycles. The summed E-state index contributed by atoms with van der Waals surface area (Å²) in [6.45, 7) is 0. The Kier molecular flexibility index (Phi) is 6.54. The number of hydrazine groups is 1. The molecule has 4 aromatic rings. The molecule has 0 saturated carbocycles. The second-order valence-corrected chi connectivity index (χ2v) is 7.16. The SMILES string of the molecule is COc1ccc(-c2nn(-c3ccccc3)cc2C(=O)NNC(=O)c2ccc(F)cc2)cc1OC. The highest BCUT2D eigenvalue weighted by Gasteiger charge is 2.21. The van der Waals surface area contributed by atoms with Crippen LogP contribution in [0.1, 0.15) is 20.7 Å². The maximum atomic E-state index is 13.1. The van der Waals surface area contributed by atoms with E-state index in [9.17, 15) is 14.0 Å². The van der Waals surface area contributed by atoms with E-state index in [2.05, 4.69) is 16.0 Å². The summed E-state index contributed by atoms with van der Waals surface area (Å²) in [6, 6.07) is 19.4. The van der Waals surface area contributed by atoms with Crippen LogP contribution in [0, 0.1) is 5.82 Å². The van der Waals surface area contributed by atoms with E-state index in [1.165, 1.54) is 26.4 Å². The fourth-order valence-electron chi connectivity index (χ4n) is 3.30. The van der Waals surface area contributed by atoms with E-state index in [-0.39, 0.29) is 11.1 Å². The van der Waals surface area contributed by atoms with Crippen molar-refractivity contribution in [2.75, 3.05) is 14.2 Å². The highest BCUT2D eigenvalue weighted by atomic mass is 19.1. The van der Waals surface area contributed by atoms with Gasteiger partial charge in [0.05, 0.1) is 25.5 Å². The van der Waals surface area contributed by atoms with Gasteiger partial charge in [0.2, 0.25) is 0 Å². The van der Waals surface area contributed by atoms with Crippen molar-refractivity contribution in [2.24, 2.45) is 0 Å². The highest BCUT2D eigenvalue weighted by Crippen LogP contribution is 2.33. The molecule has 2 amide bonds. The van der Waals surface area contributed by atoms with E-state index in [1.54, 1.807) is 29.1 Å². The molecule has 2 N–H and O–H groups in total. The number of para-hydroxylation sites is 1. The summed E-state index contributed by atoms with van der Waals surface area (Å²) >= 11 is 0. The van der Waals surface area contributed by atoms with Gasteiger partial charge in [0, 0.05) is 17.3 Å². The minimum atomic E-state index is -0.587. The lowest BCUT2D eigenvalue weighted by molar-refractivity contribution is 0.0847. The van der Waals surface area contributed by atoms with E-state index in [0.717, 1.165) is 17.8 Å². The first-order valence-corrected chi connectivity index (χ1v) is 10.2. The number of carbonyl (C=O) groups excluding carboxylic acids is 2. The van der Waals surface area contributed by atoms with Crippen molar-refractivity contribution in [3.05, 3.63) is 95.9 Å². The van der Waals surface area contributed by atoms with Gasteiger partial charge in [-0.25, -0.2) is 9.07 Å². The number of nitrogens with one attached hydrogen (secondary N) is 2. The molecule has 0 bridgehead atoms. The average Bonchev–Trinajstić information content (AvgIpc) is 3.33. The first-order valence-electron chi connectivity index (χ1n) is 10.2. The zero-order chi connectivity index (χ0) is 24.1. The van der Waals surface area contributed by atoms with Gasteiger partial charge in [-0.2, -0.15) is 5.10 Å². The Morgan fingerprint density at radius 2 is 1.53 bits per heavy atom. The van der Waals surface area contributed by atoms with Crippen LogP contribution in [0.25, 0.3) is 16.9 Å². The molecule has 0 atom stereocenters. The van der Waals surface area contributed by atoms with Gasteiger partial charge in [0.25, 0.3) is 11.8 Å². The van der Waals surface area contributed by atoms with Gasteiger partial charge in [-0.05, 0) is 54.6 Å². The molecular formula is C25H21FN4O4. The molecule has 1 aromatic heterocycles. The summed E-state index contributed by atoms with van der Waals surface area (Å²) in [5.41, 5.74) is 6.89. The molecule has 4 rings (SSSR count). The van der Waals surface area contributed by atoms with Gasteiger partial charge in [-0.15, -0.1) is 0 Å². The third kappa shape index (κ3) is 4.73. The van der Waals surface area contributed by atoms with E-state index in [4.69, 9.17) is 9.47 Å². The summed E-state index contributed by atoms with van der Waals surface area (Å²) in [7, 11) is 3.05. The summed E-state index contributed by atoms with van der Waals surface area (Å²) in [6.07, 6.45) is 1.57. The Morgan fingerprint density at radius 1 is 0.853 bits per heavy atom. The van der Waals surface area contributed by atoms with E-state index >= 15 is 0 Å².